The van der Waals surface area contributed by atoms with Gasteiger partial charge >= 0.3 is 0 Å². The van der Waals surface area contributed by atoms with E-state index >= 15 is 0 Å². The highest BCUT2D eigenvalue weighted by Crippen LogP contribution is 2.14. The fourth-order valence-corrected chi connectivity index (χ4v) is 1.10. The fourth-order valence-electron chi connectivity index (χ4n) is 1.10. The van der Waals surface area contributed by atoms with Gasteiger partial charge in [-0.25, -0.2) is 0 Å². The van der Waals surface area contributed by atoms with E-state index in [-0.39, 0.29) is 5.91 Å². The summed E-state index contributed by atoms with van der Waals surface area (Å²) < 4.78 is 0. The molecular weight excluding hydrogens is 190 g/mol. The Balaban J connectivity index is 2.87. The number of carbonyl (C=O) groups is 1. The van der Waals surface area contributed by atoms with Gasteiger partial charge in [0, 0.05) is 5.69 Å². The quantitative estimate of drug-likeness (QED) is 0.769. The Morgan fingerprint density at radius 2 is 2.00 bits per heavy atom. The topological polar surface area (TPSA) is 68.0 Å². The Morgan fingerprint density at radius 3 is 2.47 bits per heavy atom. The van der Waals surface area contributed by atoms with Crippen LogP contribution >= 0.6 is 0 Å². The van der Waals surface area contributed by atoms with Gasteiger partial charge in [-0.1, -0.05) is 0 Å². The van der Waals surface area contributed by atoms with E-state index in [1.54, 1.807) is 13.8 Å². The van der Waals surface area contributed by atoms with Gasteiger partial charge in [-0.2, -0.15) is 0 Å². The Morgan fingerprint density at radius 1 is 1.40 bits per heavy atom. The van der Waals surface area contributed by atoms with Crippen molar-refractivity contribution in [1.82, 2.24) is 4.98 Å². The molecule has 15 heavy (non-hydrogen) atoms. The van der Waals surface area contributed by atoms with Crippen LogP contribution in [0.5, 0.6) is 0 Å². The first-order valence-corrected chi connectivity index (χ1v) is 4.85. The van der Waals surface area contributed by atoms with E-state index in [1.165, 1.54) is 0 Å². The number of hydrogen-bond acceptors (Lipinski definition) is 3. The molecule has 82 valence electrons. The van der Waals surface area contributed by atoms with E-state index in [9.17, 15) is 4.79 Å². The number of nitrogens with two attached hydrogens (primary N) is 1. The summed E-state index contributed by atoms with van der Waals surface area (Å²) in [6.07, 6.45) is 0. The molecule has 1 heterocycles. The van der Waals surface area contributed by atoms with Crippen LogP contribution in [-0.4, -0.2) is 16.4 Å². The highest BCUT2D eigenvalue weighted by Gasteiger charge is 2.22. The van der Waals surface area contributed by atoms with Gasteiger partial charge in [-0.05, 0) is 39.8 Å². The standard InChI is InChI=1S/C11H17N3O/c1-7-5-6-9(8(2)13-7)14-10(15)11(3,4)12/h5-6H,12H2,1-4H3,(H,14,15). The Kier molecular flexibility index (Phi) is 3.09. The van der Waals surface area contributed by atoms with Gasteiger partial charge < -0.3 is 11.1 Å². The second-order valence-corrected chi connectivity index (χ2v) is 4.26. The molecule has 0 aliphatic carbocycles. The van der Waals surface area contributed by atoms with Crippen LogP contribution in [-0.2, 0) is 4.79 Å². The summed E-state index contributed by atoms with van der Waals surface area (Å²) in [5.74, 6) is -0.212. The van der Waals surface area contributed by atoms with Crippen LogP contribution < -0.4 is 11.1 Å². The third kappa shape index (κ3) is 3.02. The van der Waals surface area contributed by atoms with Crippen molar-refractivity contribution in [1.29, 1.82) is 0 Å². The predicted octanol–water partition coefficient (Wildman–Crippen LogP) is 1.37. The van der Waals surface area contributed by atoms with E-state index in [0.29, 0.717) is 5.69 Å². The lowest BCUT2D eigenvalue weighted by Gasteiger charge is -2.18. The van der Waals surface area contributed by atoms with E-state index < -0.39 is 5.54 Å². The number of hydrogen-bond donors (Lipinski definition) is 2. The van der Waals surface area contributed by atoms with Crippen molar-refractivity contribution in [3.05, 3.63) is 23.5 Å². The minimum atomic E-state index is -0.878. The van der Waals surface area contributed by atoms with Crippen LogP contribution in [0.4, 0.5) is 5.69 Å². The number of nitrogens with zero attached hydrogens (tertiary/aromatic N) is 1. The molecule has 0 radical (unpaired) electrons. The molecule has 4 heteroatoms. The van der Waals surface area contributed by atoms with Gasteiger partial charge in [0.15, 0.2) is 0 Å². The minimum Gasteiger partial charge on any atom is -0.323 e. The molecule has 0 aliphatic heterocycles. The van der Waals surface area contributed by atoms with E-state index in [0.717, 1.165) is 11.4 Å². The molecule has 1 aromatic rings. The summed E-state index contributed by atoms with van der Waals surface area (Å²) >= 11 is 0. The van der Waals surface area contributed by atoms with Gasteiger partial charge in [-0.15, -0.1) is 0 Å². The highest BCUT2D eigenvalue weighted by molar-refractivity contribution is 5.97. The highest BCUT2D eigenvalue weighted by atomic mass is 16.2. The minimum absolute atomic E-state index is 0.212. The number of aromatic nitrogens is 1. The predicted molar refractivity (Wildman–Crippen MR) is 60.6 cm³/mol. The van der Waals surface area contributed by atoms with Crippen LogP contribution in [0.1, 0.15) is 25.2 Å². The average Bonchev–Trinajstić information content (AvgIpc) is 2.08. The van der Waals surface area contributed by atoms with Crippen LogP contribution in [0.2, 0.25) is 0 Å². The first-order chi connectivity index (χ1) is 6.80. The number of anilines is 1. The summed E-state index contributed by atoms with van der Waals surface area (Å²) in [5, 5.41) is 2.75. The summed E-state index contributed by atoms with van der Waals surface area (Å²) in [5.41, 5.74) is 7.24. The number of nitrogens with one attached hydrogen (secondary N) is 1. The number of carbonyl (C=O) groups excluding carboxylic acids is 1. The largest absolute Gasteiger partial charge is 0.323 e. The lowest BCUT2D eigenvalue weighted by atomic mass is 10.1. The molecule has 1 rings (SSSR count). The zero-order valence-electron chi connectivity index (χ0n) is 9.59. The summed E-state index contributed by atoms with van der Waals surface area (Å²) in [4.78, 5) is 15.9. The molecule has 0 bridgehead atoms. The van der Waals surface area contributed by atoms with E-state index in [2.05, 4.69) is 10.3 Å². The molecule has 0 aromatic carbocycles. The van der Waals surface area contributed by atoms with Crippen LogP contribution in [0.25, 0.3) is 0 Å². The van der Waals surface area contributed by atoms with Gasteiger partial charge in [0.1, 0.15) is 0 Å². The van der Waals surface area contributed by atoms with E-state index in [1.807, 2.05) is 26.0 Å². The summed E-state index contributed by atoms with van der Waals surface area (Å²) in [7, 11) is 0. The van der Waals surface area contributed by atoms with Crippen molar-refractivity contribution in [3.63, 3.8) is 0 Å². The molecule has 1 aromatic heterocycles. The first-order valence-electron chi connectivity index (χ1n) is 4.85. The van der Waals surface area contributed by atoms with Crippen LogP contribution in [0, 0.1) is 13.8 Å². The molecule has 0 aliphatic rings. The first kappa shape index (κ1) is 11.7. The van der Waals surface area contributed by atoms with E-state index in [4.69, 9.17) is 5.73 Å². The van der Waals surface area contributed by atoms with Gasteiger partial charge in [0.2, 0.25) is 5.91 Å². The lowest BCUT2D eigenvalue weighted by Crippen LogP contribution is -2.45. The number of aryl methyl sites for hydroxylation is 2. The second-order valence-electron chi connectivity index (χ2n) is 4.26. The molecular formula is C11H17N3O. The Labute approximate surface area is 89.9 Å². The number of pyridine rings is 1. The molecule has 0 saturated carbocycles. The average molecular weight is 207 g/mol. The molecule has 0 unspecified atom stereocenters. The van der Waals surface area contributed by atoms with Crippen molar-refractivity contribution >= 4 is 11.6 Å². The Hall–Kier alpha value is -1.42. The third-order valence-corrected chi connectivity index (χ3v) is 2.06. The lowest BCUT2D eigenvalue weighted by molar-refractivity contribution is -0.120. The zero-order chi connectivity index (χ0) is 11.6. The molecule has 0 spiro atoms. The smallest absolute Gasteiger partial charge is 0.243 e. The molecule has 1 amide bonds. The van der Waals surface area contributed by atoms with Crippen molar-refractivity contribution in [2.75, 3.05) is 5.32 Å². The monoisotopic (exact) mass is 207 g/mol. The Bertz CT molecular complexity index is 380. The summed E-state index contributed by atoms with van der Waals surface area (Å²) in [6.45, 7) is 7.09. The number of rotatable bonds is 2. The fraction of sp³-hybridized carbons (Fsp3) is 0.455. The molecule has 3 N–H and O–H groups in total. The van der Waals surface area contributed by atoms with Crippen LogP contribution in [0.15, 0.2) is 12.1 Å². The maximum Gasteiger partial charge on any atom is 0.243 e. The third-order valence-electron chi connectivity index (χ3n) is 2.06. The molecule has 4 nitrogen and oxygen atoms in total. The summed E-state index contributed by atoms with van der Waals surface area (Å²) in [6, 6.07) is 3.69. The molecule has 0 fully saturated rings. The zero-order valence-corrected chi connectivity index (χ0v) is 9.59. The molecule has 0 saturated heterocycles. The van der Waals surface area contributed by atoms with Crippen molar-refractivity contribution in [2.45, 2.75) is 33.2 Å². The van der Waals surface area contributed by atoms with Crippen LogP contribution in [0.3, 0.4) is 0 Å². The molecule has 0 atom stereocenters. The van der Waals surface area contributed by atoms with Crippen molar-refractivity contribution < 1.29 is 4.79 Å². The van der Waals surface area contributed by atoms with Crippen molar-refractivity contribution in [3.8, 4) is 0 Å². The number of amides is 1. The van der Waals surface area contributed by atoms with Crippen molar-refractivity contribution in [2.24, 2.45) is 5.73 Å². The van der Waals surface area contributed by atoms with Gasteiger partial charge in [-0.3, -0.25) is 9.78 Å². The SMILES string of the molecule is Cc1ccc(NC(=O)C(C)(C)N)c(C)n1. The maximum absolute atomic E-state index is 11.6. The normalized spacial score (nSPS) is 11.3. The maximum atomic E-state index is 11.6. The van der Waals surface area contributed by atoms with Gasteiger partial charge in [0.05, 0.1) is 16.9 Å². The van der Waals surface area contributed by atoms with Gasteiger partial charge in [0.25, 0.3) is 0 Å². The second kappa shape index (κ2) is 3.98.